The van der Waals surface area contributed by atoms with Crippen LogP contribution in [0, 0.1) is 0 Å². The zero-order chi connectivity index (χ0) is 9.68. The van der Waals surface area contributed by atoms with Gasteiger partial charge in [-0.15, -0.1) is 0 Å². The van der Waals surface area contributed by atoms with Crippen molar-refractivity contribution in [3.63, 3.8) is 0 Å². The van der Waals surface area contributed by atoms with E-state index in [2.05, 4.69) is 17.3 Å². The maximum Gasteiger partial charge on any atom is 0.261 e. The number of carbonyl (C=O) groups is 1. The van der Waals surface area contributed by atoms with Gasteiger partial charge in [0.2, 0.25) is 0 Å². The van der Waals surface area contributed by atoms with Gasteiger partial charge in [-0.1, -0.05) is 13.3 Å². The predicted octanol–water partition coefficient (Wildman–Crippen LogP) is 1.20. The number of amides is 1. The molecule has 1 amide bonds. The van der Waals surface area contributed by atoms with Crippen molar-refractivity contribution >= 4 is 23.7 Å². The third-order valence-corrected chi connectivity index (χ3v) is 2.47. The molecule has 1 aliphatic heterocycles. The molecular formula is C8H15N3OS. The highest BCUT2D eigenvalue weighted by Gasteiger charge is 2.17. The quantitative estimate of drug-likeness (QED) is 0.695. The van der Waals surface area contributed by atoms with Crippen LogP contribution in [0.25, 0.3) is 0 Å². The minimum absolute atomic E-state index is 0.0328. The molecule has 0 aromatic rings. The van der Waals surface area contributed by atoms with Crippen LogP contribution in [0.15, 0.2) is 4.99 Å². The van der Waals surface area contributed by atoms with Gasteiger partial charge >= 0.3 is 0 Å². The van der Waals surface area contributed by atoms with Crippen LogP contribution in [0.2, 0.25) is 0 Å². The van der Waals surface area contributed by atoms with Crippen molar-refractivity contribution in [3.05, 3.63) is 0 Å². The molecule has 0 spiro atoms. The van der Waals surface area contributed by atoms with Crippen LogP contribution >= 0.6 is 11.9 Å². The molecule has 0 saturated heterocycles. The summed E-state index contributed by atoms with van der Waals surface area (Å²) in [4.78, 5) is 15.2. The Morgan fingerprint density at radius 1 is 1.69 bits per heavy atom. The number of unbranched alkanes of at least 4 members (excludes halogenated alkanes) is 1. The normalized spacial score (nSPS) is 16.9. The molecule has 4 nitrogen and oxygen atoms in total. The average molecular weight is 201 g/mol. The number of hydrazine groups is 1. The van der Waals surface area contributed by atoms with Crippen molar-refractivity contribution in [2.45, 2.75) is 26.2 Å². The fraction of sp³-hybridized carbons (Fsp3) is 0.750. The molecule has 1 N–H and O–H groups in total. The summed E-state index contributed by atoms with van der Waals surface area (Å²) < 4.78 is 1.75. The van der Waals surface area contributed by atoms with Crippen LogP contribution in [0.1, 0.15) is 26.2 Å². The maximum absolute atomic E-state index is 11.0. The van der Waals surface area contributed by atoms with E-state index in [9.17, 15) is 4.79 Å². The molecule has 74 valence electrons. The predicted molar refractivity (Wildman–Crippen MR) is 55.3 cm³/mol. The third-order valence-electron chi connectivity index (χ3n) is 1.80. The van der Waals surface area contributed by atoms with E-state index >= 15 is 0 Å². The number of rotatable bonds is 4. The smallest absolute Gasteiger partial charge is 0.261 e. The van der Waals surface area contributed by atoms with Gasteiger partial charge in [0, 0.05) is 12.7 Å². The number of aliphatic imine (C=N–C) groups is 1. The Morgan fingerprint density at radius 3 is 3.08 bits per heavy atom. The molecule has 0 bridgehead atoms. The maximum atomic E-state index is 11.0. The van der Waals surface area contributed by atoms with Gasteiger partial charge in [-0.25, -0.2) is 4.41 Å². The first-order valence-electron chi connectivity index (χ1n) is 4.45. The first-order valence-corrected chi connectivity index (χ1v) is 5.63. The molecule has 13 heavy (non-hydrogen) atoms. The third kappa shape index (κ3) is 2.91. The molecule has 1 aliphatic rings. The summed E-state index contributed by atoms with van der Waals surface area (Å²) in [7, 11) is 0. The van der Waals surface area contributed by atoms with Gasteiger partial charge in [-0.2, -0.15) is 0 Å². The molecule has 0 unspecified atom stereocenters. The standard InChI is InChI=1S/C8H15N3OS/c1-3-4-5-7-9-6-8(12)10-11(7)13-2/h3-6H2,1-2H3,(H,10,12). The molecular weight excluding hydrogens is 186 g/mol. The number of hydrogen-bond donors (Lipinski definition) is 1. The first kappa shape index (κ1) is 10.4. The van der Waals surface area contributed by atoms with E-state index < -0.39 is 0 Å². The van der Waals surface area contributed by atoms with Gasteiger partial charge in [-0.05, 0) is 18.4 Å². The van der Waals surface area contributed by atoms with Crippen LogP contribution < -0.4 is 5.43 Å². The van der Waals surface area contributed by atoms with Gasteiger partial charge in [0.05, 0.1) is 0 Å². The number of nitrogens with one attached hydrogen (secondary N) is 1. The highest BCUT2D eigenvalue weighted by atomic mass is 32.2. The summed E-state index contributed by atoms with van der Waals surface area (Å²) >= 11 is 1.48. The minimum Gasteiger partial charge on any atom is -0.271 e. The Hall–Kier alpha value is -0.710. The molecule has 0 aliphatic carbocycles. The second-order valence-electron chi connectivity index (χ2n) is 2.85. The highest BCUT2D eigenvalue weighted by Crippen LogP contribution is 2.11. The zero-order valence-electron chi connectivity index (χ0n) is 8.04. The van der Waals surface area contributed by atoms with Crippen LogP contribution in [-0.4, -0.2) is 29.0 Å². The highest BCUT2D eigenvalue weighted by molar-refractivity contribution is 7.96. The van der Waals surface area contributed by atoms with E-state index in [-0.39, 0.29) is 12.5 Å². The Morgan fingerprint density at radius 2 is 2.46 bits per heavy atom. The van der Waals surface area contributed by atoms with Gasteiger partial charge in [0.15, 0.2) is 0 Å². The molecule has 0 fully saturated rings. The number of hydrogen-bond acceptors (Lipinski definition) is 4. The summed E-state index contributed by atoms with van der Waals surface area (Å²) in [6.45, 7) is 2.42. The topological polar surface area (TPSA) is 44.7 Å². The lowest BCUT2D eigenvalue weighted by atomic mass is 10.2. The SMILES string of the molecule is CCCCC1=NCC(=O)NN1SC. The zero-order valence-corrected chi connectivity index (χ0v) is 8.86. The van der Waals surface area contributed by atoms with Gasteiger partial charge < -0.3 is 0 Å². The Labute approximate surface area is 82.9 Å². The second-order valence-corrected chi connectivity index (χ2v) is 3.58. The summed E-state index contributed by atoms with van der Waals surface area (Å²) in [5.41, 5.74) is 2.75. The van der Waals surface area contributed by atoms with Crippen LogP contribution in [0.5, 0.6) is 0 Å². The molecule has 0 saturated carbocycles. The molecule has 0 radical (unpaired) electrons. The van der Waals surface area contributed by atoms with E-state index in [0.29, 0.717) is 0 Å². The van der Waals surface area contributed by atoms with Gasteiger partial charge in [-0.3, -0.25) is 15.2 Å². The Kier molecular flexibility index (Phi) is 4.08. The Bertz CT molecular complexity index is 217. The van der Waals surface area contributed by atoms with E-state index in [0.717, 1.165) is 25.1 Å². The molecule has 0 aromatic carbocycles. The largest absolute Gasteiger partial charge is 0.271 e. The van der Waals surface area contributed by atoms with Crippen molar-refractivity contribution < 1.29 is 4.79 Å². The fourth-order valence-electron chi connectivity index (χ4n) is 1.11. The lowest BCUT2D eigenvalue weighted by molar-refractivity contribution is -0.122. The summed E-state index contributed by atoms with van der Waals surface area (Å²) in [6.07, 6.45) is 5.13. The van der Waals surface area contributed by atoms with Crippen LogP contribution in [-0.2, 0) is 4.79 Å². The summed E-state index contributed by atoms with van der Waals surface area (Å²) in [5, 5.41) is 0. The minimum atomic E-state index is -0.0328. The van der Waals surface area contributed by atoms with E-state index in [1.165, 1.54) is 11.9 Å². The fourth-order valence-corrected chi connectivity index (χ4v) is 1.66. The molecule has 1 rings (SSSR count). The van der Waals surface area contributed by atoms with Crippen molar-refractivity contribution in [2.75, 3.05) is 12.8 Å². The molecule has 0 atom stereocenters. The molecule has 1 heterocycles. The van der Waals surface area contributed by atoms with Gasteiger partial charge in [0.1, 0.15) is 12.4 Å². The monoisotopic (exact) mass is 201 g/mol. The van der Waals surface area contributed by atoms with E-state index in [1.54, 1.807) is 4.41 Å². The number of amidine groups is 1. The lowest BCUT2D eigenvalue weighted by Gasteiger charge is -2.26. The summed E-state index contributed by atoms with van der Waals surface area (Å²) in [6, 6.07) is 0. The number of nitrogens with zero attached hydrogens (tertiary/aromatic N) is 2. The van der Waals surface area contributed by atoms with Crippen molar-refractivity contribution in [2.24, 2.45) is 4.99 Å². The second kappa shape index (κ2) is 5.11. The van der Waals surface area contributed by atoms with Crippen molar-refractivity contribution in [3.8, 4) is 0 Å². The summed E-state index contributed by atoms with van der Waals surface area (Å²) in [5.74, 6) is 0.948. The van der Waals surface area contributed by atoms with Crippen LogP contribution in [0.4, 0.5) is 0 Å². The molecule has 5 heteroatoms. The average Bonchev–Trinajstić information content (AvgIpc) is 2.16. The van der Waals surface area contributed by atoms with Crippen LogP contribution in [0.3, 0.4) is 0 Å². The van der Waals surface area contributed by atoms with E-state index in [1.807, 2.05) is 6.26 Å². The first-order chi connectivity index (χ1) is 6.27. The van der Waals surface area contributed by atoms with E-state index in [4.69, 9.17) is 0 Å². The van der Waals surface area contributed by atoms with Crippen molar-refractivity contribution in [1.29, 1.82) is 0 Å². The van der Waals surface area contributed by atoms with Gasteiger partial charge in [0.25, 0.3) is 5.91 Å². The lowest BCUT2D eigenvalue weighted by Crippen LogP contribution is -2.46. The molecule has 0 aromatic heterocycles. The number of carbonyl (C=O) groups excluding carboxylic acids is 1. The Balaban J connectivity index is 2.53. The van der Waals surface area contributed by atoms with Crippen molar-refractivity contribution in [1.82, 2.24) is 9.84 Å².